The Morgan fingerprint density at radius 1 is 1.17 bits per heavy atom. The maximum absolute atomic E-state index is 14.0. The molecule has 0 saturated heterocycles. The van der Waals surface area contributed by atoms with E-state index in [4.69, 9.17) is 4.74 Å². The number of carbonyl (C=O) groups excluding carboxylic acids is 1. The third-order valence-corrected chi connectivity index (χ3v) is 3.85. The van der Waals surface area contributed by atoms with E-state index in [2.05, 4.69) is 0 Å². The molecule has 1 amide bonds. The summed E-state index contributed by atoms with van der Waals surface area (Å²) in [4.78, 5) is 13.5. The Bertz CT molecular complexity index is 759. The first-order valence-corrected chi connectivity index (χ1v) is 7.18. The fourth-order valence-corrected chi connectivity index (χ4v) is 2.76. The van der Waals surface area contributed by atoms with Gasteiger partial charge in [-0.05, 0) is 29.3 Å². The van der Waals surface area contributed by atoms with Crippen LogP contribution in [0.1, 0.15) is 17.0 Å². The molecule has 0 saturated carbocycles. The standard InChI is InChI=1S/C18H15F2NO2/c1-23-18(22)21-11-13(15-10-14(19)7-8-16(15)20)9-17(21)12-5-3-2-4-6-12/h2-10,13H,11H2,1H3. The number of amides is 1. The first-order valence-electron chi connectivity index (χ1n) is 7.18. The molecule has 0 aromatic heterocycles. The van der Waals surface area contributed by atoms with Crippen LogP contribution in [0.4, 0.5) is 13.6 Å². The van der Waals surface area contributed by atoms with Crippen LogP contribution in [0.3, 0.4) is 0 Å². The Morgan fingerprint density at radius 2 is 1.91 bits per heavy atom. The summed E-state index contributed by atoms with van der Waals surface area (Å²) in [5.74, 6) is -1.43. The van der Waals surface area contributed by atoms with Crippen LogP contribution in [-0.4, -0.2) is 24.6 Å². The Hall–Kier alpha value is -2.69. The predicted molar refractivity (Wildman–Crippen MR) is 82.6 cm³/mol. The summed E-state index contributed by atoms with van der Waals surface area (Å²) in [6.07, 6.45) is 1.24. The van der Waals surface area contributed by atoms with Gasteiger partial charge in [0.15, 0.2) is 0 Å². The molecule has 1 atom stereocenters. The van der Waals surface area contributed by atoms with Gasteiger partial charge in [0.25, 0.3) is 0 Å². The van der Waals surface area contributed by atoms with Gasteiger partial charge in [-0.2, -0.15) is 0 Å². The van der Waals surface area contributed by atoms with E-state index in [0.717, 1.165) is 17.7 Å². The molecule has 2 aromatic carbocycles. The summed E-state index contributed by atoms with van der Waals surface area (Å²) >= 11 is 0. The van der Waals surface area contributed by atoms with Crippen molar-refractivity contribution in [3.05, 3.63) is 77.4 Å². The quantitative estimate of drug-likeness (QED) is 0.832. The molecule has 0 N–H and O–H groups in total. The topological polar surface area (TPSA) is 29.5 Å². The Kier molecular flexibility index (Phi) is 4.10. The lowest BCUT2D eigenvalue weighted by Gasteiger charge is -2.20. The molecule has 3 rings (SSSR count). The summed E-state index contributed by atoms with van der Waals surface area (Å²) in [5, 5.41) is 0. The summed E-state index contributed by atoms with van der Waals surface area (Å²) in [6, 6.07) is 12.6. The second-order valence-electron chi connectivity index (χ2n) is 5.27. The molecule has 118 valence electrons. The zero-order valence-electron chi connectivity index (χ0n) is 12.5. The van der Waals surface area contributed by atoms with E-state index in [1.54, 1.807) is 6.08 Å². The van der Waals surface area contributed by atoms with Crippen molar-refractivity contribution < 1.29 is 18.3 Å². The van der Waals surface area contributed by atoms with E-state index in [1.165, 1.54) is 18.1 Å². The van der Waals surface area contributed by atoms with Crippen molar-refractivity contribution in [3.8, 4) is 0 Å². The van der Waals surface area contributed by atoms with Crippen molar-refractivity contribution >= 4 is 11.8 Å². The van der Waals surface area contributed by atoms with E-state index in [1.807, 2.05) is 30.3 Å². The van der Waals surface area contributed by atoms with Crippen molar-refractivity contribution in [3.63, 3.8) is 0 Å². The minimum Gasteiger partial charge on any atom is -0.452 e. The van der Waals surface area contributed by atoms with E-state index in [9.17, 15) is 13.6 Å². The number of ether oxygens (including phenoxy) is 1. The van der Waals surface area contributed by atoms with Gasteiger partial charge in [0.1, 0.15) is 11.6 Å². The first-order chi connectivity index (χ1) is 11.1. The molecule has 0 radical (unpaired) electrons. The highest BCUT2D eigenvalue weighted by Gasteiger charge is 2.31. The van der Waals surface area contributed by atoms with E-state index >= 15 is 0 Å². The van der Waals surface area contributed by atoms with Crippen molar-refractivity contribution in [2.75, 3.05) is 13.7 Å². The maximum Gasteiger partial charge on any atom is 0.414 e. The zero-order chi connectivity index (χ0) is 16.4. The van der Waals surface area contributed by atoms with Gasteiger partial charge in [0, 0.05) is 12.5 Å². The lowest BCUT2D eigenvalue weighted by molar-refractivity contribution is 0.144. The van der Waals surface area contributed by atoms with Gasteiger partial charge >= 0.3 is 6.09 Å². The number of rotatable bonds is 2. The number of methoxy groups -OCH3 is 1. The fraction of sp³-hybridized carbons (Fsp3) is 0.167. The van der Waals surface area contributed by atoms with Crippen LogP contribution in [0.25, 0.3) is 5.70 Å². The van der Waals surface area contributed by atoms with E-state index < -0.39 is 23.6 Å². The summed E-state index contributed by atoms with van der Waals surface area (Å²) < 4.78 is 32.3. The van der Waals surface area contributed by atoms with Crippen LogP contribution in [0.15, 0.2) is 54.6 Å². The van der Waals surface area contributed by atoms with Gasteiger partial charge in [0.2, 0.25) is 0 Å². The molecule has 3 nitrogen and oxygen atoms in total. The summed E-state index contributed by atoms with van der Waals surface area (Å²) in [7, 11) is 1.29. The van der Waals surface area contributed by atoms with E-state index in [-0.39, 0.29) is 12.1 Å². The average molecular weight is 315 g/mol. The summed E-state index contributed by atoms with van der Waals surface area (Å²) in [6.45, 7) is 0.206. The van der Waals surface area contributed by atoms with Crippen molar-refractivity contribution in [1.29, 1.82) is 0 Å². The van der Waals surface area contributed by atoms with Crippen molar-refractivity contribution in [2.24, 2.45) is 0 Å². The van der Waals surface area contributed by atoms with Crippen molar-refractivity contribution in [2.45, 2.75) is 5.92 Å². The molecule has 0 aliphatic carbocycles. The molecule has 1 unspecified atom stereocenters. The first kappa shape index (κ1) is 15.2. The molecular formula is C18H15F2NO2. The number of benzene rings is 2. The van der Waals surface area contributed by atoms with Gasteiger partial charge in [-0.25, -0.2) is 13.6 Å². The zero-order valence-corrected chi connectivity index (χ0v) is 12.5. The molecule has 1 aliphatic heterocycles. The number of carbonyl (C=O) groups is 1. The molecule has 5 heteroatoms. The third kappa shape index (κ3) is 2.95. The third-order valence-electron chi connectivity index (χ3n) is 3.85. The van der Waals surface area contributed by atoms with Gasteiger partial charge in [0.05, 0.1) is 12.8 Å². The lowest BCUT2D eigenvalue weighted by Crippen LogP contribution is -2.28. The molecule has 0 spiro atoms. The Labute approximate surface area is 132 Å². The molecule has 2 aromatic rings. The second kappa shape index (κ2) is 6.20. The van der Waals surface area contributed by atoms with Gasteiger partial charge in [-0.3, -0.25) is 4.90 Å². The second-order valence-corrected chi connectivity index (χ2v) is 5.27. The monoisotopic (exact) mass is 315 g/mol. The van der Waals surface area contributed by atoms with Crippen LogP contribution < -0.4 is 0 Å². The normalized spacial score (nSPS) is 17.1. The molecule has 1 aliphatic rings. The minimum atomic E-state index is -0.528. The predicted octanol–water partition coefficient (Wildman–Crippen LogP) is 4.17. The van der Waals surface area contributed by atoms with Crippen LogP contribution in [0.2, 0.25) is 0 Å². The van der Waals surface area contributed by atoms with Gasteiger partial charge in [-0.15, -0.1) is 0 Å². The highest BCUT2D eigenvalue weighted by Crippen LogP contribution is 2.35. The SMILES string of the molecule is COC(=O)N1CC(c2cc(F)ccc2F)C=C1c1ccccc1. The summed E-state index contributed by atoms with van der Waals surface area (Å²) in [5.41, 5.74) is 1.67. The highest BCUT2D eigenvalue weighted by atomic mass is 19.1. The maximum atomic E-state index is 14.0. The van der Waals surface area contributed by atoms with Crippen LogP contribution >= 0.6 is 0 Å². The van der Waals surface area contributed by atoms with Gasteiger partial charge in [-0.1, -0.05) is 36.4 Å². The minimum absolute atomic E-state index is 0.206. The number of hydrogen-bond donors (Lipinski definition) is 0. The highest BCUT2D eigenvalue weighted by molar-refractivity contribution is 5.84. The molecule has 0 fully saturated rings. The fourth-order valence-electron chi connectivity index (χ4n) is 2.76. The molecule has 1 heterocycles. The number of halogens is 2. The molecule has 23 heavy (non-hydrogen) atoms. The Morgan fingerprint density at radius 3 is 2.61 bits per heavy atom. The average Bonchev–Trinajstić information content (AvgIpc) is 3.02. The van der Waals surface area contributed by atoms with Crippen molar-refractivity contribution in [1.82, 2.24) is 4.90 Å². The van der Waals surface area contributed by atoms with E-state index in [0.29, 0.717) is 5.70 Å². The largest absolute Gasteiger partial charge is 0.452 e. The van der Waals surface area contributed by atoms with Crippen LogP contribution in [0, 0.1) is 11.6 Å². The Balaban J connectivity index is 2.03. The van der Waals surface area contributed by atoms with Gasteiger partial charge < -0.3 is 4.74 Å². The smallest absolute Gasteiger partial charge is 0.414 e. The lowest BCUT2D eigenvalue weighted by atomic mass is 9.99. The molecule has 0 bridgehead atoms. The number of nitrogens with zero attached hydrogens (tertiary/aromatic N) is 1. The van der Waals surface area contributed by atoms with Crippen LogP contribution in [-0.2, 0) is 4.74 Å². The number of hydrogen-bond acceptors (Lipinski definition) is 2. The van der Waals surface area contributed by atoms with Crippen LogP contribution in [0.5, 0.6) is 0 Å². The molecular weight excluding hydrogens is 300 g/mol.